The maximum Gasteiger partial charge on any atom is 0.291 e. The van der Waals surface area contributed by atoms with Crippen molar-refractivity contribution in [2.24, 2.45) is 0 Å². The van der Waals surface area contributed by atoms with Crippen molar-refractivity contribution in [2.45, 2.75) is 6.92 Å². The van der Waals surface area contributed by atoms with Gasteiger partial charge in [0.25, 0.3) is 5.91 Å². The number of nitrogens with one attached hydrogen (secondary N) is 1. The number of anilines is 1. The van der Waals surface area contributed by atoms with Crippen molar-refractivity contribution < 1.29 is 9.21 Å². The van der Waals surface area contributed by atoms with Gasteiger partial charge in [0.05, 0.1) is 16.3 Å². The second kappa shape index (κ2) is 5.84. The van der Waals surface area contributed by atoms with Crippen molar-refractivity contribution in [2.75, 3.05) is 5.32 Å². The third-order valence-electron chi connectivity index (χ3n) is 3.00. The molecule has 0 aliphatic rings. The zero-order chi connectivity index (χ0) is 15.5. The van der Waals surface area contributed by atoms with Gasteiger partial charge < -0.3 is 9.73 Å². The molecule has 3 rings (SSSR count). The molecule has 2 heterocycles. The number of para-hydroxylation sites is 1. The van der Waals surface area contributed by atoms with Crippen molar-refractivity contribution in [1.82, 2.24) is 4.98 Å². The van der Waals surface area contributed by atoms with Gasteiger partial charge in [0.2, 0.25) is 0 Å². The summed E-state index contributed by atoms with van der Waals surface area (Å²) in [6.45, 7) is 1.91. The maximum absolute atomic E-state index is 12.2. The van der Waals surface area contributed by atoms with Gasteiger partial charge in [-0.1, -0.05) is 12.1 Å². The van der Waals surface area contributed by atoms with Gasteiger partial charge in [0.1, 0.15) is 11.8 Å². The first-order valence-electron chi connectivity index (χ1n) is 6.50. The van der Waals surface area contributed by atoms with Gasteiger partial charge in [-0.3, -0.25) is 4.79 Å². The Morgan fingerprint density at radius 1 is 1.32 bits per heavy atom. The minimum absolute atomic E-state index is 0.174. The van der Waals surface area contributed by atoms with Crippen LogP contribution in [-0.2, 0) is 0 Å². The van der Waals surface area contributed by atoms with Crippen LogP contribution in [0.25, 0.3) is 11.5 Å². The second-order valence-electron chi connectivity index (χ2n) is 4.53. The maximum atomic E-state index is 12.2. The van der Waals surface area contributed by atoms with Gasteiger partial charge in [0, 0.05) is 5.38 Å². The first kappa shape index (κ1) is 14.0. The van der Waals surface area contributed by atoms with E-state index in [0.29, 0.717) is 22.7 Å². The van der Waals surface area contributed by atoms with Crippen LogP contribution >= 0.6 is 11.3 Å². The van der Waals surface area contributed by atoms with Gasteiger partial charge in [-0.25, -0.2) is 4.98 Å². The van der Waals surface area contributed by atoms with Crippen molar-refractivity contribution >= 4 is 22.9 Å². The Bertz CT molecular complexity index is 873. The van der Waals surface area contributed by atoms with Crippen LogP contribution in [0.3, 0.4) is 0 Å². The lowest BCUT2D eigenvalue weighted by molar-refractivity contribution is 0.0997. The number of hydrogen-bond donors (Lipinski definition) is 1. The summed E-state index contributed by atoms with van der Waals surface area (Å²) in [5.74, 6) is 0.317. The predicted molar refractivity (Wildman–Crippen MR) is 83.7 cm³/mol. The molecule has 3 aromatic rings. The molecule has 1 aromatic carbocycles. The summed E-state index contributed by atoms with van der Waals surface area (Å²) < 4.78 is 5.54. The summed E-state index contributed by atoms with van der Waals surface area (Å²) in [6.07, 6.45) is 0. The number of aryl methyl sites for hydroxylation is 1. The highest BCUT2D eigenvalue weighted by Gasteiger charge is 2.15. The third-order valence-corrected chi connectivity index (χ3v) is 3.77. The number of carbonyl (C=O) groups excluding carboxylic acids is 1. The molecule has 6 heteroatoms. The van der Waals surface area contributed by atoms with Gasteiger partial charge >= 0.3 is 0 Å². The van der Waals surface area contributed by atoms with Crippen LogP contribution in [0.4, 0.5) is 5.69 Å². The molecule has 0 saturated heterocycles. The van der Waals surface area contributed by atoms with Gasteiger partial charge in [-0.2, -0.15) is 5.26 Å². The van der Waals surface area contributed by atoms with Crippen molar-refractivity contribution in [3.8, 4) is 17.5 Å². The number of benzene rings is 1. The number of thiazole rings is 1. The van der Waals surface area contributed by atoms with E-state index in [1.807, 2.05) is 18.4 Å². The molecule has 0 spiro atoms. The Morgan fingerprint density at radius 2 is 2.14 bits per heavy atom. The number of nitrogens with zero attached hydrogens (tertiary/aromatic N) is 2. The number of nitriles is 1. The lowest BCUT2D eigenvalue weighted by Gasteiger charge is -2.04. The Labute approximate surface area is 130 Å². The topological polar surface area (TPSA) is 78.9 Å². The van der Waals surface area contributed by atoms with Crippen LogP contribution in [0, 0.1) is 18.3 Å². The molecule has 1 N–H and O–H groups in total. The molecule has 5 nitrogen and oxygen atoms in total. The molecular formula is C16H11N3O2S. The Morgan fingerprint density at radius 3 is 2.86 bits per heavy atom. The average molecular weight is 309 g/mol. The quantitative estimate of drug-likeness (QED) is 0.797. The van der Waals surface area contributed by atoms with E-state index < -0.39 is 5.91 Å². The van der Waals surface area contributed by atoms with Crippen LogP contribution < -0.4 is 5.32 Å². The summed E-state index contributed by atoms with van der Waals surface area (Å²) in [5, 5.41) is 14.5. The number of rotatable bonds is 3. The van der Waals surface area contributed by atoms with Crippen LogP contribution in [0.15, 0.2) is 46.2 Å². The fourth-order valence-electron chi connectivity index (χ4n) is 1.95. The van der Waals surface area contributed by atoms with E-state index in [9.17, 15) is 4.79 Å². The summed E-state index contributed by atoms with van der Waals surface area (Å²) in [5.41, 5.74) is 1.56. The van der Waals surface area contributed by atoms with E-state index in [1.54, 1.807) is 36.4 Å². The number of amides is 1. The van der Waals surface area contributed by atoms with E-state index in [0.717, 1.165) is 5.01 Å². The highest BCUT2D eigenvalue weighted by Crippen LogP contribution is 2.24. The SMILES string of the molecule is Cc1nc(-c2ccc(C(=O)Nc3ccccc3C#N)o2)cs1. The van der Waals surface area contributed by atoms with Crippen LogP contribution in [0.2, 0.25) is 0 Å². The van der Waals surface area contributed by atoms with Crippen LogP contribution in [-0.4, -0.2) is 10.9 Å². The Hall–Kier alpha value is -2.91. The molecule has 0 radical (unpaired) electrons. The van der Waals surface area contributed by atoms with Gasteiger partial charge in [0.15, 0.2) is 11.5 Å². The standard InChI is InChI=1S/C16H11N3O2S/c1-10-18-13(9-22-10)14-6-7-15(21-14)16(20)19-12-5-3-2-4-11(12)8-17/h2-7,9H,1H3,(H,19,20). The highest BCUT2D eigenvalue weighted by atomic mass is 32.1. The fourth-order valence-corrected chi connectivity index (χ4v) is 2.55. The third kappa shape index (κ3) is 2.75. The monoisotopic (exact) mass is 309 g/mol. The lowest BCUT2D eigenvalue weighted by Crippen LogP contribution is -2.11. The summed E-state index contributed by atoms with van der Waals surface area (Å²) >= 11 is 1.52. The summed E-state index contributed by atoms with van der Waals surface area (Å²) in [4.78, 5) is 16.5. The molecule has 0 bridgehead atoms. The van der Waals surface area contributed by atoms with E-state index in [1.165, 1.54) is 11.3 Å². The first-order valence-corrected chi connectivity index (χ1v) is 7.38. The van der Waals surface area contributed by atoms with Crippen LogP contribution in [0.5, 0.6) is 0 Å². The zero-order valence-corrected chi connectivity index (χ0v) is 12.5. The number of hydrogen-bond acceptors (Lipinski definition) is 5. The number of carbonyl (C=O) groups is 1. The molecule has 0 aliphatic heterocycles. The average Bonchev–Trinajstić information content (AvgIpc) is 3.16. The van der Waals surface area contributed by atoms with E-state index >= 15 is 0 Å². The molecule has 0 saturated carbocycles. The van der Waals surface area contributed by atoms with Crippen LogP contribution in [0.1, 0.15) is 21.1 Å². The zero-order valence-electron chi connectivity index (χ0n) is 11.7. The Balaban J connectivity index is 1.82. The fraction of sp³-hybridized carbons (Fsp3) is 0.0625. The second-order valence-corrected chi connectivity index (χ2v) is 5.59. The summed E-state index contributed by atoms with van der Waals surface area (Å²) in [6, 6.07) is 12.1. The largest absolute Gasteiger partial charge is 0.449 e. The number of furan rings is 1. The smallest absolute Gasteiger partial charge is 0.291 e. The van der Waals surface area contributed by atoms with Crippen molar-refractivity contribution in [3.05, 3.63) is 58.1 Å². The predicted octanol–water partition coefficient (Wildman–Crippen LogP) is 3.84. The van der Waals surface area contributed by atoms with Crippen molar-refractivity contribution in [1.29, 1.82) is 5.26 Å². The molecule has 108 valence electrons. The Kier molecular flexibility index (Phi) is 3.73. The van der Waals surface area contributed by atoms with E-state index in [4.69, 9.17) is 9.68 Å². The molecule has 0 aliphatic carbocycles. The van der Waals surface area contributed by atoms with E-state index in [-0.39, 0.29) is 5.76 Å². The highest BCUT2D eigenvalue weighted by molar-refractivity contribution is 7.09. The molecule has 2 aromatic heterocycles. The molecule has 0 atom stereocenters. The minimum atomic E-state index is -0.402. The minimum Gasteiger partial charge on any atom is -0.449 e. The normalized spacial score (nSPS) is 10.2. The summed E-state index contributed by atoms with van der Waals surface area (Å²) in [7, 11) is 0. The lowest BCUT2D eigenvalue weighted by atomic mass is 10.2. The molecule has 0 unspecified atom stereocenters. The van der Waals surface area contributed by atoms with Gasteiger partial charge in [-0.05, 0) is 31.2 Å². The molecular weight excluding hydrogens is 298 g/mol. The van der Waals surface area contributed by atoms with E-state index in [2.05, 4.69) is 10.3 Å². The van der Waals surface area contributed by atoms with Crippen molar-refractivity contribution in [3.63, 3.8) is 0 Å². The first-order chi connectivity index (χ1) is 10.7. The number of aromatic nitrogens is 1. The van der Waals surface area contributed by atoms with Gasteiger partial charge in [-0.15, -0.1) is 11.3 Å². The molecule has 22 heavy (non-hydrogen) atoms. The molecule has 1 amide bonds. The molecule has 0 fully saturated rings.